The molecule has 0 bridgehead atoms. The lowest BCUT2D eigenvalue weighted by molar-refractivity contribution is 0.323. The van der Waals surface area contributed by atoms with E-state index >= 15 is 0 Å². The Labute approximate surface area is 127 Å². The van der Waals surface area contributed by atoms with Gasteiger partial charge in [-0.15, -0.1) is 0 Å². The number of rotatable bonds is 6. The van der Waals surface area contributed by atoms with E-state index in [1.165, 1.54) is 4.31 Å². The lowest BCUT2D eigenvalue weighted by Gasteiger charge is -2.28. The summed E-state index contributed by atoms with van der Waals surface area (Å²) in [7, 11) is -3.61. The fourth-order valence-electron chi connectivity index (χ4n) is 2.33. The topological polar surface area (TPSA) is 66.8 Å². The number of nitrogens with zero attached hydrogens (tertiary/aromatic N) is 2. The van der Waals surface area contributed by atoms with Crippen LogP contribution in [0.3, 0.4) is 0 Å². The van der Waals surface area contributed by atoms with Crippen LogP contribution in [0.15, 0.2) is 34.3 Å². The Morgan fingerprint density at radius 2 is 1.67 bits per heavy atom. The van der Waals surface area contributed by atoms with Crippen molar-refractivity contribution in [2.75, 3.05) is 13.1 Å². The molecule has 1 aromatic rings. The van der Waals surface area contributed by atoms with Crippen LogP contribution in [0, 0.1) is 10.3 Å². The Morgan fingerprint density at radius 3 is 2.10 bits per heavy atom. The molecular weight excluding hydrogens is 288 g/mol. The summed E-state index contributed by atoms with van der Waals surface area (Å²) in [5.41, 5.74) is 0.0169. The Balaban J connectivity index is 3.50. The van der Waals surface area contributed by atoms with Crippen molar-refractivity contribution in [3.63, 3.8) is 0 Å². The van der Waals surface area contributed by atoms with Crippen molar-refractivity contribution in [3.8, 4) is 0 Å². The van der Waals surface area contributed by atoms with Crippen molar-refractivity contribution >= 4 is 10.0 Å². The van der Waals surface area contributed by atoms with Crippen molar-refractivity contribution in [1.82, 2.24) is 4.31 Å². The highest BCUT2D eigenvalue weighted by Crippen LogP contribution is 2.39. The maximum atomic E-state index is 12.7. The fraction of sp³-hybridized carbons (Fsp3) is 0.600. The molecule has 0 amide bonds. The summed E-state index contributed by atoms with van der Waals surface area (Å²) in [6.07, 6.45) is 0. The smallest absolute Gasteiger partial charge is 0.207 e. The zero-order valence-corrected chi connectivity index (χ0v) is 14.1. The first-order chi connectivity index (χ1) is 9.70. The minimum Gasteiger partial charge on any atom is -0.207 e. The predicted octanol–water partition coefficient (Wildman–Crippen LogP) is 3.57. The van der Waals surface area contributed by atoms with Gasteiger partial charge in [-0.2, -0.15) is 9.21 Å². The third-order valence-electron chi connectivity index (χ3n) is 3.46. The maximum Gasteiger partial charge on any atom is 0.243 e. The second kappa shape index (κ2) is 6.66. The molecule has 5 nitrogen and oxygen atoms in total. The Morgan fingerprint density at radius 1 is 1.14 bits per heavy atom. The van der Waals surface area contributed by atoms with Crippen LogP contribution in [-0.4, -0.2) is 25.8 Å². The van der Waals surface area contributed by atoms with Gasteiger partial charge in [-0.05, 0) is 11.5 Å². The van der Waals surface area contributed by atoms with Gasteiger partial charge in [-0.25, -0.2) is 8.42 Å². The monoisotopic (exact) mass is 312 g/mol. The van der Waals surface area contributed by atoms with Crippen molar-refractivity contribution in [2.24, 2.45) is 10.6 Å². The van der Waals surface area contributed by atoms with Gasteiger partial charge in [0.1, 0.15) is 6.04 Å². The molecule has 1 unspecified atom stereocenters. The third kappa shape index (κ3) is 3.68. The van der Waals surface area contributed by atoms with Gasteiger partial charge in [0.05, 0.1) is 4.90 Å². The first-order valence-electron chi connectivity index (χ1n) is 7.11. The highest BCUT2D eigenvalue weighted by atomic mass is 32.2. The predicted molar refractivity (Wildman–Crippen MR) is 84.5 cm³/mol. The quantitative estimate of drug-likeness (QED) is 0.754. The van der Waals surface area contributed by atoms with Crippen LogP contribution in [0.25, 0.3) is 0 Å². The summed E-state index contributed by atoms with van der Waals surface area (Å²) in [5, 5.41) is 3.18. The molecule has 0 saturated carbocycles. The molecule has 1 aromatic carbocycles. The van der Waals surface area contributed by atoms with Gasteiger partial charge < -0.3 is 0 Å². The zero-order valence-electron chi connectivity index (χ0n) is 13.3. The normalized spacial score (nSPS) is 14.2. The van der Waals surface area contributed by atoms with E-state index in [9.17, 15) is 13.3 Å². The molecule has 0 aromatic heterocycles. The van der Waals surface area contributed by atoms with Crippen LogP contribution in [0.4, 0.5) is 0 Å². The van der Waals surface area contributed by atoms with Crippen LogP contribution < -0.4 is 0 Å². The third-order valence-corrected chi connectivity index (χ3v) is 5.59. The van der Waals surface area contributed by atoms with E-state index in [0.717, 1.165) is 0 Å². The number of hydrogen-bond acceptors (Lipinski definition) is 4. The molecular formula is C15H24N2O3S. The maximum absolute atomic E-state index is 12.7. The second-order valence-electron chi connectivity index (χ2n) is 6.00. The summed E-state index contributed by atoms with van der Waals surface area (Å²) >= 11 is 0. The van der Waals surface area contributed by atoms with Gasteiger partial charge >= 0.3 is 0 Å². The molecule has 0 aliphatic carbocycles. The Hall–Kier alpha value is -1.27. The molecule has 0 heterocycles. The standard InChI is InChI=1S/C15H24N2O3S/c1-6-17(7-2)21(19,20)13-11-9-8-10-12(13)14(16-18)15(3,4)5/h8-11,14H,6-7H2,1-5H3. The van der Waals surface area contributed by atoms with Crippen LogP contribution in [0.1, 0.15) is 46.2 Å². The zero-order chi connectivity index (χ0) is 16.3. The molecule has 118 valence electrons. The molecule has 0 aliphatic heterocycles. The van der Waals surface area contributed by atoms with Crippen LogP contribution in [0.2, 0.25) is 0 Å². The van der Waals surface area contributed by atoms with Crippen LogP contribution in [-0.2, 0) is 10.0 Å². The Bertz CT molecular complexity index is 587. The van der Waals surface area contributed by atoms with E-state index in [4.69, 9.17) is 0 Å². The molecule has 0 saturated heterocycles. The van der Waals surface area contributed by atoms with Crippen molar-refractivity contribution in [1.29, 1.82) is 0 Å². The van der Waals surface area contributed by atoms with Crippen LogP contribution in [0.5, 0.6) is 0 Å². The van der Waals surface area contributed by atoms with Gasteiger partial charge in [0.25, 0.3) is 0 Å². The van der Waals surface area contributed by atoms with Crippen molar-refractivity contribution in [2.45, 2.75) is 45.6 Å². The highest BCUT2D eigenvalue weighted by molar-refractivity contribution is 7.89. The van der Waals surface area contributed by atoms with Gasteiger partial charge in [0.15, 0.2) is 0 Å². The lowest BCUT2D eigenvalue weighted by atomic mass is 9.83. The minimum atomic E-state index is -3.61. The largest absolute Gasteiger partial charge is 0.243 e. The summed E-state index contributed by atoms with van der Waals surface area (Å²) in [4.78, 5) is 11.5. The molecule has 1 rings (SSSR count). The molecule has 0 radical (unpaired) electrons. The minimum absolute atomic E-state index is 0.174. The van der Waals surface area contributed by atoms with E-state index < -0.39 is 21.5 Å². The van der Waals surface area contributed by atoms with Gasteiger partial charge in [0.2, 0.25) is 10.0 Å². The summed E-state index contributed by atoms with van der Waals surface area (Å²) in [6.45, 7) is 10.00. The van der Waals surface area contributed by atoms with Crippen molar-refractivity contribution in [3.05, 3.63) is 34.7 Å². The molecule has 1 atom stereocenters. The first-order valence-corrected chi connectivity index (χ1v) is 8.55. The molecule has 0 aliphatic rings. The van der Waals surface area contributed by atoms with E-state index in [1.807, 2.05) is 20.8 Å². The average Bonchev–Trinajstić information content (AvgIpc) is 2.39. The van der Waals surface area contributed by atoms with Gasteiger partial charge in [-0.3, -0.25) is 0 Å². The SMILES string of the molecule is CCN(CC)S(=O)(=O)c1ccccc1C(N=O)C(C)(C)C. The van der Waals surface area contributed by atoms with E-state index in [-0.39, 0.29) is 4.90 Å². The Kier molecular flexibility index (Phi) is 5.64. The molecule has 21 heavy (non-hydrogen) atoms. The van der Waals surface area contributed by atoms with E-state index in [1.54, 1.807) is 38.1 Å². The molecule has 0 spiro atoms. The number of hydrogen-bond donors (Lipinski definition) is 0. The fourth-order valence-corrected chi connectivity index (χ4v) is 4.01. The molecule has 0 N–H and O–H groups in total. The molecule has 6 heteroatoms. The lowest BCUT2D eigenvalue weighted by Crippen LogP contribution is -2.32. The number of nitroso groups, excluding NO2 is 1. The van der Waals surface area contributed by atoms with Crippen LogP contribution >= 0.6 is 0 Å². The van der Waals surface area contributed by atoms with Crippen molar-refractivity contribution < 1.29 is 8.42 Å². The highest BCUT2D eigenvalue weighted by Gasteiger charge is 2.33. The van der Waals surface area contributed by atoms with E-state index in [2.05, 4.69) is 5.18 Å². The first kappa shape index (κ1) is 17.8. The summed E-state index contributed by atoms with van der Waals surface area (Å²) in [6, 6.07) is 5.92. The summed E-state index contributed by atoms with van der Waals surface area (Å²) < 4.78 is 26.9. The number of sulfonamides is 1. The average molecular weight is 312 g/mol. The van der Waals surface area contributed by atoms with Gasteiger partial charge in [0, 0.05) is 18.7 Å². The number of benzene rings is 1. The van der Waals surface area contributed by atoms with E-state index in [0.29, 0.717) is 18.7 Å². The molecule has 0 fully saturated rings. The second-order valence-corrected chi connectivity index (χ2v) is 7.91. The van der Waals surface area contributed by atoms with Gasteiger partial charge in [-0.1, -0.05) is 58.0 Å². The summed E-state index contributed by atoms with van der Waals surface area (Å²) in [5.74, 6) is 0.